The van der Waals surface area contributed by atoms with E-state index in [1.54, 1.807) is 19.2 Å². The van der Waals surface area contributed by atoms with Crippen LogP contribution in [0, 0.1) is 0 Å². The summed E-state index contributed by atoms with van der Waals surface area (Å²) in [5.74, 6) is -1.04. The lowest BCUT2D eigenvalue weighted by Gasteiger charge is -2.14. The second-order valence-electron chi connectivity index (χ2n) is 5.41. The summed E-state index contributed by atoms with van der Waals surface area (Å²) in [7, 11) is 1.58. The van der Waals surface area contributed by atoms with Crippen LogP contribution in [0.5, 0.6) is 5.75 Å². The Morgan fingerprint density at radius 1 is 1.23 bits per heavy atom. The summed E-state index contributed by atoms with van der Waals surface area (Å²) in [6, 6.07) is 12.9. The second-order valence-corrected chi connectivity index (χ2v) is 5.41. The van der Waals surface area contributed by atoms with E-state index in [0.717, 1.165) is 16.7 Å². The molecule has 0 saturated carbocycles. The molecule has 2 aromatic rings. The molecule has 0 radical (unpaired) electrons. The lowest BCUT2D eigenvalue weighted by Crippen LogP contribution is -2.17. The molecule has 0 amide bonds. The van der Waals surface area contributed by atoms with E-state index in [4.69, 9.17) is 9.84 Å². The van der Waals surface area contributed by atoms with E-state index in [1.807, 2.05) is 30.3 Å². The number of ether oxygens (including phenoxy) is 1. The number of hydrogen-bond acceptors (Lipinski definition) is 3. The predicted octanol–water partition coefficient (Wildman–Crippen LogP) is 3.04. The van der Waals surface area contributed by atoms with E-state index < -0.39 is 11.9 Å². The quantitative estimate of drug-likeness (QED) is 0.945. The average Bonchev–Trinajstić information content (AvgIpc) is 2.62. The number of carboxylic acid groups (broad SMARTS) is 1. The zero-order valence-electron chi connectivity index (χ0n) is 12.2. The molecule has 0 saturated heterocycles. The van der Waals surface area contributed by atoms with Crippen LogP contribution in [-0.2, 0) is 11.2 Å². The summed E-state index contributed by atoms with van der Waals surface area (Å²) in [6.45, 7) is 0. The number of ketones is 1. The number of hydrogen-bond donors (Lipinski definition) is 1. The number of benzene rings is 2. The Labute approximate surface area is 128 Å². The zero-order chi connectivity index (χ0) is 15.7. The smallest absolute Gasteiger partial charge is 0.304 e. The van der Waals surface area contributed by atoms with Crippen LogP contribution in [0.25, 0.3) is 0 Å². The summed E-state index contributed by atoms with van der Waals surface area (Å²) in [5.41, 5.74) is 3.27. The molecule has 1 atom stereocenters. The molecule has 0 heterocycles. The molecule has 0 aromatic heterocycles. The Morgan fingerprint density at radius 2 is 2.00 bits per heavy atom. The standard InChI is InChI=1S/C18H16O4/c1-22-13-6-7-15-12(9-13)8-11-4-2-3-5-14(11)16(18(15)21)10-17(19)20/h2-7,9,16H,8,10H2,1H3,(H,19,20). The van der Waals surface area contributed by atoms with E-state index in [9.17, 15) is 9.59 Å². The fourth-order valence-corrected chi connectivity index (χ4v) is 3.03. The summed E-state index contributed by atoms with van der Waals surface area (Å²) >= 11 is 0. The van der Waals surface area contributed by atoms with Gasteiger partial charge in [0.2, 0.25) is 0 Å². The first-order valence-corrected chi connectivity index (χ1v) is 7.11. The molecule has 4 nitrogen and oxygen atoms in total. The fraction of sp³-hybridized carbons (Fsp3) is 0.222. The van der Waals surface area contributed by atoms with Crippen molar-refractivity contribution >= 4 is 11.8 Å². The molecule has 0 spiro atoms. The first kappa shape index (κ1) is 14.3. The normalized spacial score (nSPS) is 16.4. The number of fused-ring (bicyclic) bond motifs is 2. The number of carbonyl (C=O) groups is 2. The Kier molecular flexibility index (Phi) is 3.67. The van der Waals surface area contributed by atoms with E-state index in [0.29, 0.717) is 17.7 Å². The van der Waals surface area contributed by atoms with Gasteiger partial charge >= 0.3 is 5.97 Å². The molecule has 1 aliphatic rings. The molecule has 1 N–H and O–H groups in total. The van der Waals surface area contributed by atoms with Crippen molar-refractivity contribution in [3.05, 3.63) is 64.7 Å². The molecule has 3 rings (SSSR count). The highest BCUT2D eigenvalue weighted by molar-refractivity contribution is 6.04. The number of carboxylic acids is 1. The van der Waals surface area contributed by atoms with Crippen LogP contribution in [-0.4, -0.2) is 24.0 Å². The van der Waals surface area contributed by atoms with Gasteiger partial charge in [0, 0.05) is 5.56 Å². The third-order valence-electron chi connectivity index (χ3n) is 4.08. The van der Waals surface area contributed by atoms with Crippen molar-refractivity contribution in [3.8, 4) is 5.75 Å². The maximum absolute atomic E-state index is 12.8. The molecule has 4 heteroatoms. The third-order valence-corrected chi connectivity index (χ3v) is 4.08. The Hall–Kier alpha value is -2.62. The van der Waals surface area contributed by atoms with Gasteiger partial charge in [0.25, 0.3) is 0 Å². The Bertz CT molecular complexity index is 749. The van der Waals surface area contributed by atoms with Crippen molar-refractivity contribution < 1.29 is 19.4 Å². The van der Waals surface area contributed by atoms with Crippen molar-refractivity contribution in [2.75, 3.05) is 7.11 Å². The molecule has 0 aliphatic heterocycles. The minimum absolute atomic E-state index is 0.134. The van der Waals surface area contributed by atoms with Crippen molar-refractivity contribution in [2.24, 2.45) is 0 Å². The number of carbonyl (C=O) groups excluding carboxylic acids is 1. The van der Waals surface area contributed by atoms with Crippen LogP contribution in [0.15, 0.2) is 42.5 Å². The summed E-state index contributed by atoms with van der Waals surface area (Å²) in [5, 5.41) is 9.16. The lowest BCUT2D eigenvalue weighted by atomic mass is 9.88. The molecule has 22 heavy (non-hydrogen) atoms. The highest BCUT2D eigenvalue weighted by atomic mass is 16.5. The van der Waals surface area contributed by atoms with E-state index >= 15 is 0 Å². The monoisotopic (exact) mass is 296 g/mol. The van der Waals surface area contributed by atoms with E-state index in [2.05, 4.69) is 0 Å². The van der Waals surface area contributed by atoms with E-state index in [-0.39, 0.29) is 12.2 Å². The molecule has 1 aliphatic carbocycles. The minimum Gasteiger partial charge on any atom is -0.497 e. The van der Waals surface area contributed by atoms with Gasteiger partial charge in [-0.15, -0.1) is 0 Å². The topological polar surface area (TPSA) is 63.6 Å². The van der Waals surface area contributed by atoms with E-state index in [1.165, 1.54) is 0 Å². The van der Waals surface area contributed by atoms with Gasteiger partial charge in [0.05, 0.1) is 19.4 Å². The molecular weight excluding hydrogens is 280 g/mol. The SMILES string of the molecule is COc1ccc2c(c1)Cc1ccccc1C(CC(=O)O)C2=O. The highest BCUT2D eigenvalue weighted by Gasteiger charge is 2.31. The number of aliphatic carboxylic acids is 1. The third kappa shape index (κ3) is 2.48. The van der Waals surface area contributed by atoms with Crippen LogP contribution < -0.4 is 4.74 Å². The van der Waals surface area contributed by atoms with Crippen LogP contribution in [0.3, 0.4) is 0 Å². The first-order valence-electron chi connectivity index (χ1n) is 7.11. The van der Waals surface area contributed by atoms with Gasteiger partial charge in [0.1, 0.15) is 5.75 Å². The van der Waals surface area contributed by atoms with Gasteiger partial charge in [-0.25, -0.2) is 0 Å². The maximum atomic E-state index is 12.8. The Balaban J connectivity index is 2.17. The van der Waals surface area contributed by atoms with Crippen molar-refractivity contribution in [1.29, 1.82) is 0 Å². The van der Waals surface area contributed by atoms with Gasteiger partial charge < -0.3 is 9.84 Å². The van der Waals surface area contributed by atoms with Crippen molar-refractivity contribution in [3.63, 3.8) is 0 Å². The van der Waals surface area contributed by atoms with Crippen molar-refractivity contribution in [1.82, 2.24) is 0 Å². The molecule has 2 aromatic carbocycles. The van der Waals surface area contributed by atoms with Crippen molar-refractivity contribution in [2.45, 2.75) is 18.8 Å². The van der Waals surface area contributed by atoms with Gasteiger partial charge in [-0.05, 0) is 41.3 Å². The minimum atomic E-state index is -0.967. The number of rotatable bonds is 3. The largest absolute Gasteiger partial charge is 0.497 e. The first-order chi connectivity index (χ1) is 10.6. The average molecular weight is 296 g/mol. The number of Topliss-reactive ketones (excluding diaryl/α,β-unsaturated/α-hetero) is 1. The highest BCUT2D eigenvalue weighted by Crippen LogP contribution is 2.35. The van der Waals surface area contributed by atoms with Gasteiger partial charge in [0.15, 0.2) is 5.78 Å². The van der Waals surface area contributed by atoms with Gasteiger partial charge in [-0.2, -0.15) is 0 Å². The summed E-state index contributed by atoms with van der Waals surface area (Å²) in [4.78, 5) is 24.0. The van der Waals surface area contributed by atoms with Gasteiger partial charge in [-0.1, -0.05) is 24.3 Å². The molecular formula is C18H16O4. The molecule has 0 fully saturated rings. The lowest BCUT2D eigenvalue weighted by molar-refractivity contribution is -0.137. The summed E-state index contributed by atoms with van der Waals surface area (Å²) < 4.78 is 5.23. The molecule has 0 bridgehead atoms. The van der Waals surface area contributed by atoms with Crippen LogP contribution >= 0.6 is 0 Å². The van der Waals surface area contributed by atoms with Gasteiger partial charge in [-0.3, -0.25) is 9.59 Å². The Morgan fingerprint density at radius 3 is 2.73 bits per heavy atom. The molecule has 1 unspecified atom stereocenters. The second kappa shape index (κ2) is 5.64. The van der Waals surface area contributed by atoms with Crippen LogP contribution in [0.4, 0.5) is 0 Å². The predicted molar refractivity (Wildman–Crippen MR) is 81.6 cm³/mol. The maximum Gasteiger partial charge on any atom is 0.304 e. The van der Waals surface area contributed by atoms with Crippen LogP contribution in [0.1, 0.15) is 39.4 Å². The number of methoxy groups -OCH3 is 1. The van der Waals surface area contributed by atoms with Crippen LogP contribution in [0.2, 0.25) is 0 Å². The zero-order valence-corrected chi connectivity index (χ0v) is 12.2. The summed E-state index contributed by atoms with van der Waals surface area (Å²) in [6.07, 6.45) is 0.409. The fourth-order valence-electron chi connectivity index (χ4n) is 3.03. The molecule has 112 valence electrons.